The number of aromatic nitrogens is 2. The van der Waals surface area contributed by atoms with Crippen LogP contribution in [0.4, 0.5) is 16.0 Å². The van der Waals surface area contributed by atoms with Crippen molar-refractivity contribution in [3.8, 4) is 11.1 Å². The monoisotopic (exact) mass is 349 g/mol. The maximum Gasteiger partial charge on any atom is 0.229 e. The second kappa shape index (κ2) is 5.30. The Morgan fingerprint density at radius 2 is 1.80 bits per heavy atom. The first kappa shape index (κ1) is 14.9. The Hall–Kier alpha value is -2.40. The molecule has 124 valence electrons. The van der Waals surface area contributed by atoms with Crippen LogP contribution in [0.1, 0.15) is 18.4 Å². The van der Waals surface area contributed by atoms with Gasteiger partial charge in [0.2, 0.25) is 5.95 Å². The fourth-order valence-electron chi connectivity index (χ4n) is 3.72. The van der Waals surface area contributed by atoms with Crippen molar-refractivity contribution in [1.82, 2.24) is 9.97 Å². The van der Waals surface area contributed by atoms with Gasteiger partial charge in [-0.2, -0.15) is 0 Å². The second-order valence-corrected chi connectivity index (χ2v) is 7.34. The van der Waals surface area contributed by atoms with E-state index in [2.05, 4.69) is 39.6 Å². The number of fused-ring (bicyclic) bond motifs is 2. The van der Waals surface area contributed by atoms with Gasteiger partial charge in [0.15, 0.2) is 0 Å². The molecular weight excluding hydrogens is 333 g/mol. The molecule has 0 unspecified atom stereocenters. The van der Waals surface area contributed by atoms with Crippen LogP contribution < -0.4 is 4.90 Å². The molecule has 5 rings (SSSR count). The van der Waals surface area contributed by atoms with Gasteiger partial charge in [0, 0.05) is 46.1 Å². The summed E-state index contributed by atoms with van der Waals surface area (Å²) in [6.45, 7) is 0.901. The van der Waals surface area contributed by atoms with E-state index in [-0.39, 0.29) is 11.2 Å². The molecular formula is C20H16FN3S. The van der Waals surface area contributed by atoms with Gasteiger partial charge in [0.1, 0.15) is 5.82 Å². The average molecular weight is 349 g/mol. The average Bonchev–Trinajstić information content (AvgIpc) is 3.33. The summed E-state index contributed by atoms with van der Waals surface area (Å²) < 4.78 is 14.0. The van der Waals surface area contributed by atoms with Gasteiger partial charge >= 0.3 is 0 Å². The number of hydrogen-bond donors (Lipinski definition) is 1. The number of benzene rings is 2. The third-order valence-electron chi connectivity index (χ3n) is 5.22. The molecule has 0 N–H and O–H groups in total. The molecule has 1 fully saturated rings. The van der Waals surface area contributed by atoms with Crippen molar-refractivity contribution in [3.05, 3.63) is 66.2 Å². The van der Waals surface area contributed by atoms with Gasteiger partial charge in [-0.25, -0.2) is 14.4 Å². The van der Waals surface area contributed by atoms with E-state index in [9.17, 15) is 4.39 Å². The predicted octanol–water partition coefficient (Wildman–Crippen LogP) is 4.75. The smallest absolute Gasteiger partial charge is 0.229 e. The maximum absolute atomic E-state index is 14.0. The van der Waals surface area contributed by atoms with E-state index in [0.717, 1.165) is 17.1 Å². The molecule has 3 nitrogen and oxygen atoms in total. The number of halogens is 1. The molecule has 3 aromatic rings. The SMILES string of the molecule is Fc1ccccc1-c1cnc(N2CC3(CC3)c3ccc(S)cc32)nc1. The summed E-state index contributed by atoms with van der Waals surface area (Å²) in [6, 6.07) is 13.0. The molecule has 0 atom stereocenters. The Balaban J connectivity index is 1.53. The molecule has 0 bridgehead atoms. The topological polar surface area (TPSA) is 29.0 Å². The molecule has 2 aliphatic rings. The fraction of sp³-hybridized carbons (Fsp3) is 0.200. The first-order valence-electron chi connectivity index (χ1n) is 8.34. The Labute approximate surface area is 151 Å². The zero-order valence-corrected chi connectivity index (χ0v) is 14.4. The third-order valence-corrected chi connectivity index (χ3v) is 5.50. The standard InChI is InChI=1S/C20H16FN3S/c21-17-4-2-1-3-15(17)13-10-22-19(23-11-13)24-12-20(7-8-20)16-6-5-14(25)9-18(16)24/h1-6,9-11,25H,7-8,12H2. The van der Waals surface area contributed by atoms with Gasteiger partial charge in [-0.05, 0) is 36.6 Å². The normalized spacial score (nSPS) is 17.0. The lowest BCUT2D eigenvalue weighted by atomic mass is 9.99. The largest absolute Gasteiger partial charge is 0.309 e. The summed E-state index contributed by atoms with van der Waals surface area (Å²) in [5.74, 6) is 0.395. The van der Waals surface area contributed by atoms with Gasteiger partial charge in [0.05, 0.1) is 0 Å². The van der Waals surface area contributed by atoms with E-state index in [1.807, 2.05) is 12.1 Å². The lowest BCUT2D eigenvalue weighted by Gasteiger charge is -2.18. The van der Waals surface area contributed by atoms with Crippen LogP contribution in [0.5, 0.6) is 0 Å². The summed E-state index contributed by atoms with van der Waals surface area (Å²) in [4.78, 5) is 12.1. The van der Waals surface area contributed by atoms with E-state index in [4.69, 9.17) is 0 Å². The van der Waals surface area contributed by atoms with Crippen LogP contribution in [0.15, 0.2) is 59.8 Å². The number of anilines is 2. The highest BCUT2D eigenvalue weighted by Crippen LogP contribution is 2.57. The molecule has 0 amide bonds. The van der Waals surface area contributed by atoms with Crippen molar-refractivity contribution in [3.63, 3.8) is 0 Å². The number of rotatable bonds is 2. The molecule has 0 saturated heterocycles. The van der Waals surface area contributed by atoms with Crippen LogP contribution in [0.3, 0.4) is 0 Å². The van der Waals surface area contributed by atoms with E-state index in [0.29, 0.717) is 17.1 Å². The summed E-state index contributed by atoms with van der Waals surface area (Å²) in [6.07, 6.45) is 5.80. The Kier molecular flexibility index (Phi) is 3.16. The zero-order valence-electron chi connectivity index (χ0n) is 13.5. The maximum atomic E-state index is 14.0. The summed E-state index contributed by atoms with van der Waals surface area (Å²) in [5, 5.41) is 0. The van der Waals surface area contributed by atoms with Crippen LogP contribution in [0, 0.1) is 5.82 Å². The van der Waals surface area contributed by atoms with Crippen LogP contribution in [0.25, 0.3) is 11.1 Å². The van der Waals surface area contributed by atoms with Crippen LogP contribution in [-0.2, 0) is 5.41 Å². The molecule has 1 aliphatic carbocycles. The lowest BCUT2D eigenvalue weighted by Crippen LogP contribution is -2.21. The van der Waals surface area contributed by atoms with Gasteiger partial charge in [-0.3, -0.25) is 0 Å². The van der Waals surface area contributed by atoms with Crippen LogP contribution in [-0.4, -0.2) is 16.5 Å². The summed E-state index contributed by atoms with van der Waals surface area (Å²) in [5.41, 5.74) is 3.97. The number of thiol groups is 1. The quantitative estimate of drug-likeness (QED) is 0.677. The van der Waals surface area contributed by atoms with E-state index in [1.54, 1.807) is 24.5 Å². The number of hydrogen-bond acceptors (Lipinski definition) is 4. The number of nitrogens with zero attached hydrogens (tertiary/aromatic N) is 3. The Morgan fingerprint density at radius 3 is 2.52 bits per heavy atom. The van der Waals surface area contributed by atoms with Gasteiger partial charge in [-0.15, -0.1) is 12.6 Å². The molecule has 1 spiro atoms. The van der Waals surface area contributed by atoms with Gasteiger partial charge in [-0.1, -0.05) is 24.3 Å². The van der Waals surface area contributed by atoms with Crippen LogP contribution in [0.2, 0.25) is 0 Å². The van der Waals surface area contributed by atoms with Crippen molar-refractivity contribution in [2.75, 3.05) is 11.4 Å². The summed E-state index contributed by atoms with van der Waals surface area (Å²) >= 11 is 4.48. The first-order valence-corrected chi connectivity index (χ1v) is 8.79. The third kappa shape index (κ3) is 2.34. The van der Waals surface area contributed by atoms with Gasteiger partial charge in [0.25, 0.3) is 0 Å². The van der Waals surface area contributed by atoms with E-state index < -0.39 is 0 Å². The van der Waals surface area contributed by atoms with Crippen LogP contribution >= 0.6 is 12.6 Å². The van der Waals surface area contributed by atoms with E-state index in [1.165, 1.54) is 24.5 Å². The first-order chi connectivity index (χ1) is 12.2. The van der Waals surface area contributed by atoms with Crippen molar-refractivity contribution < 1.29 is 4.39 Å². The molecule has 1 aromatic heterocycles. The molecule has 2 heterocycles. The highest BCUT2D eigenvalue weighted by molar-refractivity contribution is 7.80. The van der Waals surface area contributed by atoms with E-state index >= 15 is 0 Å². The molecule has 5 heteroatoms. The molecule has 2 aromatic carbocycles. The molecule has 1 saturated carbocycles. The second-order valence-electron chi connectivity index (χ2n) is 6.82. The van der Waals surface area contributed by atoms with Crippen molar-refractivity contribution in [2.24, 2.45) is 0 Å². The van der Waals surface area contributed by atoms with Crippen molar-refractivity contribution in [1.29, 1.82) is 0 Å². The van der Waals surface area contributed by atoms with Crippen molar-refractivity contribution in [2.45, 2.75) is 23.2 Å². The molecule has 25 heavy (non-hydrogen) atoms. The lowest BCUT2D eigenvalue weighted by molar-refractivity contribution is 0.631. The molecule has 1 aliphatic heterocycles. The predicted molar refractivity (Wildman–Crippen MR) is 99.0 cm³/mol. The Morgan fingerprint density at radius 1 is 1.04 bits per heavy atom. The zero-order chi connectivity index (χ0) is 17.0. The Bertz CT molecular complexity index is 967. The minimum absolute atomic E-state index is 0.254. The molecule has 0 radical (unpaired) electrons. The highest BCUT2D eigenvalue weighted by atomic mass is 32.1. The summed E-state index contributed by atoms with van der Waals surface area (Å²) in [7, 11) is 0. The van der Waals surface area contributed by atoms with Gasteiger partial charge < -0.3 is 4.90 Å². The highest BCUT2D eigenvalue weighted by Gasteiger charge is 2.52. The minimum Gasteiger partial charge on any atom is -0.309 e. The fourth-order valence-corrected chi connectivity index (χ4v) is 3.91. The minimum atomic E-state index is -0.262. The van der Waals surface area contributed by atoms with Crippen molar-refractivity contribution >= 4 is 24.3 Å².